The molecule has 2 amide bonds. The minimum atomic E-state index is -0.111. The van der Waals surface area contributed by atoms with Crippen LogP contribution in [0, 0.1) is 13.8 Å². The van der Waals surface area contributed by atoms with Gasteiger partial charge in [0.2, 0.25) is 11.8 Å². The van der Waals surface area contributed by atoms with E-state index in [1.165, 1.54) is 4.90 Å². The number of aromatic nitrogens is 1. The van der Waals surface area contributed by atoms with Gasteiger partial charge in [-0.2, -0.15) is 0 Å². The Morgan fingerprint density at radius 3 is 2.20 bits per heavy atom. The molecule has 6 heteroatoms. The molecule has 0 aromatic carbocycles. The first-order valence-corrected chi connectivity index (χ1v) is 6.84. The van der Waals surface area contributed by atoms with Gasteiger partial charge in [0.15, 0.2) is 0 Å². The van der Waals surface area contributed by atoms with Gasteiger partial charge in [0.05, 0.1) is 18.7 Å². The molecule has 0 aliphatic carbocycles. The van der Waals surface area contributed by atoms with Crippen LogP contribution in [-0.2, 0) is 16.0 Å². The number of nitrogens with zero attached hydrogens (tertiary/aromatic N) is 3. The Morgan fingerprint density at radius 1 is 1.15 bits per heavy atom. The summed E-state index contributed by atoms with van der Waals surface area (Å²) in [4.78, 5) is 27.3. The van der Waals surface area contributed by atoms with Gasteiger partial charge < -0.3 is 14.3 Å². The van der Waals surface area contributed by atoms with Crippen molar-refractivity contribution in [2.75, 3.05) is 26.7 Å². The lowest BCUT2D eigenvalue weighted by molar-refractivity contribution is -0.138. The predicted molar refractivity (Wildman–Crippen MR) is 75.2 cm³/mol. The molecule has 6 nitrogen and oxygen atoms in total. The summed E-state index contributed by atoms with van der Waals surface area (Å²) in [5, 5.41) is 3.82. The quantitative estimate of drug-likeness (QED) is 0.785. The van der Waals surface area contributed by atoms with Crippen LogP contribution in [0.4, 0.5) is 0 Å². The summed E-state index contributed by atoms with van der Waals surface area (Å²) in [6.07, 6.45) is 0.212. The third-order valence-electron chi connectivity index (χ3n) is 3.42. The second kappa shape index (κ2) is 7.07. The number of carbonyl (C=O) groups is 2. The zero-order valence-electron chi connectivity index (χ0n) is 12.9. The molecule has 0 fully saturated rings. The molecule has 0 saturated carbocycles. The van der Waals surface area contributed by atoms with E-state index in [1.54, 1.807) is 25.8 Å². The van der Waals surface area contributed by atoms with Crippen molar-refractivity contribution in [1.29, 1.82) is 0 Å². The smallest absolute Gasteiger partial charge is 0.242 e. The van der Waals surface area contributed by atoms with E-state index in [1.807, 2.05) is 13.8 Å². The van der Waals surface area contributed by atoms with Crippen molar-refractivity contribution in [3.05, 3.63) is 17.0 Å². The summed E-state index contributed by atoms with van der Waals surface area (Å²) in [7, 11) is 1.64. The van der Waals surface area contributed by atoms with Gasteiger partial charge in [0, 0.05) is 25.7 Å². The number of likely N-dealkylation sites (N-methyl/N-ethyl adjacent to an activating group) is 2. The van der Waals surface area contributed by atoms with Crippen LogP contribution in [-0.4, -0.2) is 53.5 Å². The lowest BCUT2D eigenvalue weighted by atomic mass is 10.1. The first kappa shape index (κ1) is 16.2. The summed E-state index contributed by atoms with van der Waals surface area (Å²) >= 11 is 0. The number of rotatable bonds is 6. The summed E-state index contributed by atoms with van der Waals surface area (Å²) in [5.41, 5.74) is 1.52. The van der Waals surface area contributed by atoms with Crippen LogP contribution in [0.15, 0.2) is 4.52 Å². The Hall–Kier alpha value is -1.85. The van der Waals surface area contributed by atoms with Crippen LogP contribution >= 0.6 is 0 Å². The van der Waals surface area contributed by atoms with E-state index in [9.17, 15) is 9.59 Å². The van der Waals surface area contributed by atoms with E-state index < -0.39 is 0 Å². The minimum Gasteiger partial charge on any atom is -0.361 e. The summed E-state index contributed by atoms with van der Waals surface area (Å²) < 4.78 is 5.03. The molecule has 1 aromatic heterocycles. The topological polar surface area (TPSA) is 66.7 Å². The number of hydrogen-bond donors (Lipinski definition) is 0. The molecular formula is C14H23N3O3. The fourth-order valence-electron chi connectivity index (χ4n) is 2.01. The van der Waals surface area contributed by atoms with Gasteiger partial charge >= 0.3 is 0 Å². The maximum Gasteiger partial charge on any atom is 0.242 e. The molecule has 1 heterocycles. The number of aryl methyl sites for hydroxylation is 2. The Kier molecular flexibility index (Phi) is 5.73. The fourth-order valence-corrected chi connectivity index (χ4v) is 2.01. The Morgan fingerprint density at radius 2 is 1.75 bits per heavy atom. The van der Waals surface area contributed by atoms with Gasteiger partial charge in [-0.05, 0) is 27.7 Å². The van der Waals surface area contributed by atoms with E-state index in [2.05, 4.69) is 5.16 Å². The standard InChI is InChI=1S/C14H23N3O3/c1-6-17(7-2)14(19)9-16(5)13(18)8-12-10(3)15-20-11(12)4/h6-9H2,1-5H3. The molecule has 0 radical (unpaired) electrons. The summed E-state index contributed by atoms with van der Waals surface area (Å²) in [6.45, 7) is 8.84. The largest absolute Gasteiger partial charge is 0.361 e. The van der Waals surface area contributed by atoms with Crippen molar-refractivity contribution in [2.45, 2.75) is 34.1 Å². The highest BCUT2D eigenvalue weighted by molar-refractivity contribution is 5.85. The molecule has 0 saturated heterocycles. The average molecular weight is 281 g/mol. The van der Waals surface area contributed by atoms with Crippen LogP contribution in [0.3, 0.4) is 0 Å². The Labute approximate surface area is 119 Å². The van der Waals surface area contributed by atoms with Crippen molar-refractivity contribution >= 4 is 11.8 Å². The van der Waals surface area contributed by atoms with Gasteiger partial charge in [0.25, 0.3) is 0 Å². The van der Waals surface area contributed by atoms with Crippen molar-refractivity contribution in [3.63, 3.8) is 0 Å². The zero-order chi connectivity index (χ0) is 15.3. The molecule has 20 heavy (non-hydrogen) atoms. The van der Waals surface area contributed by atoms with Gasteiger partial charge in [-0.25, -0.2) is 0 Å². The third-order valence-corrected chi connectivity index (χ3v) is 3.42. The van der Waals surface area contributed by atoms with Gasteiger partial charge in [-0.3, -0.25) is 9.59 Å². The monoisotopic (exact) mass is 281 g/mol. The highest BCUT2D eigenvalue weighted by Gasteiger charge is 2.19. The molecule has 0 spiro atoms. The van der Waals surface area contributed by atoms with Crippen LogP contribution in [0.5, 0.6) is 0 Å². The van der Waals surface area contributed by atoms with E-state index in [-0.39, 0.29) is 24.8 Å². The summed E-state index contributed by atoms with van der Waals surface area (Å²) in [6, 6.07) is 0. The number of hydrogen-bond acceptors (Lipinski definition) is 4. The maximum atomic E-state index is 12.1. The summed E-state index contributed by atoms with van der Waals surface area (Å²) in [5.74, 6) is 0.504. The van der Waals surface area contributed by atoms with E-state index >= 15 is 0 Å². The molecule has 0 unspecified atom stereocenters. The molecule has 1 aromatic rings. The molecular weight excluding hydrogens is 258 g/mol. The second-order valence-electron chi connectivity index (χ2n) is 4.80. The minimum absolute atomic E-state index is 0.0374. The van der Waals surface area contributed by atoms with Gasteiger partial charge in [-0.1, -0.05) is 5.16 Å². The highest BCUT2D eigenvalue weighted by Crippen LogP contribution is 2.13. The van der Waals surface area contributed by atoms with Crippen molar-refractivity contribution in [3.8, 4) is 0 Å². The third kappa shape index (κ3) is 3.82. The number of carbonyl (C=O) groups excluding carboxylic acids is 2. The first-order chi connectivity index (χ1) is 9.40. The first-order valence-electron chi connectivity index (χ1n) is 6.84. The van der Waals surface area contributed by atoms with Crippen LogP contribution in [0.25, 0.3) is 0 Å². The van der Waals surface area contributed by atoms with E-state index in [4.69, 9.17) is 4.52 Å². The van der Waals surface area contributed by atoms with E-state index in [0.717, 1.165) is 11.3 Å². The normalized spacial score (nSPS) is 10.4. The molecule has 0 bridgehead atoms. The van der Waals surface area contributed by atoms with E-state index in [0.29, 0.717) is 18.8 Å². The van der Waals surface area contributed by atoms with Crippen molar-refractivity contribution < 1.29 is 14.1 Å². The molecule has 1 rings (SSSR count). The maximum absolute atomic E-state index is 12.1. The molecule has 0 atom stereocenters. The van der Waals surface area contributed by atoms with Crippen molar-refractivity contribution in [1.82, 2.24) is 15.0 Å². The van der Waals surface area contributed by atoms with Gasteiger partial charge in [-0.15, -0.1) is 0 Å². The molecule has 0 N–H and O–H groups in total. The van der Waals surface area contributed by atoms with Crippen LogP contribution < -0.4 is 0 Å². The Bertz CT molecular complexity index is 459. The predicted octanol–water partition coefficient (Wildman–Crippen LogP) is 1.16. The van der Waals surface area contributed by atoms with Crippen LogP contribution in [0.2, 0.25) is 0 Å². The number of amides is 2. The fraction of sp³-hybridized carbons (Fsp3) is 0.643. The molecule has 0 aliphatic rings. The zero-order valence-corrected chi connectivity index (χ0v) is 12.9. The molecule has 0 aliphatic heterocycles. The SMILES string of the molecule is CCN(CC)C(=O)CN(C)C(=O)Cc1c(C)noc1C. The second-order valence-corrected chi connectivity index (χ2v) is 4.80. The lowest BCUT2D eigenvalue weighted by Crippen LogP contribution is -2.41. The highest BCUT2D eigenvalue weighted by atomic mass is 16.5. The Balaban J connectivity index is 2.62. The van der Waals surface area contributed by atoms with Crippen molar-refractivity contribution in [2.24, 2.45) is 0 Å². The average Bonchev–Trinajstić information content (AvgIpc) is 2.71. The van der Waals surface area contributed by atoms with Crippen LogP contribution in [0.1, 0.15) is 30.9 Å². The van der Waals surface area contributed by atoms with Gasteiger partial charge in [0.1, 0.15) is 5.76 Å². The lowest BCUT2D eigenvalue weighted by Gasteiger charge is -2.23. The molecule has 112 valence electrons.